The minimum atomic E-state index is -0.364. The molecule has 0 spiro atoms. The molecular formula is C8H15ClN4O. The lowest BCUT2D eigenvalue weighted by Crippen LogP contribution is -2.34. The van der Waals surface area contributed by atoms with Crippen molar-refractivity contribution in [2.45, 2.75) is 37.8 Å². The highest BCUT2D eigenvalue weighted by Crippen LogP contribution is 2.34. The van der Waals surface area contributed by atoms with Crippen molar-refractivity contribution < 1.29 is 4.52 Å². The van der Waals surface area contributed by atoms with E-state index in [9.17, 15) is 0 Å². The second kappa shape index (κ2) is 4.25. The first-order chi connectivity index (χ1) is 6.24. The molecule has 1 aromatic heterocycles. The van der Waals surface area contributed by atoms with Gasteiger partial charge in [0.05, 0.1) is 12.1 Å². The average molecular weight is 219 g/mol. The second-order valence-electron chi connectivity index (χ2n) is 3.58. The summed E-state index contributed by atoms with van der Waals surface area (Å²) in [6.07, 6.45) is 4.17. The van der Waals surface area contributed by atoms with Crippen LogP contribution in [-0.2, 0) is 12.1 Å². The number of hydrogen-bond acceptors (Lipinski definition) is 5. The number of hydrogen-bond donors (Lipinski definition) is 2. The summed E-state index contributed by atoms with van der Waals surface area (Å²) in [5, 5.41) is 3.85. The summed E-state index contributed by atoms with van der Waals surface area (Å²) in [6.45, 7) is 0.281. The zero-order chi connectivity index (χ0) is 9.31. The van der Waals surface area contributed by atoms with E-state index >= 15 is 0 Å². The molecule has 1 aliphatic carbocycles. The van der Waals surface area contributed by atoms with Crippen LogP contribution >= 0.6 is 12.4 Å². The van der Waals surface area contributed by atoms with Crippen LogP contribution in [0.3, 0.4) is 0 Å². The first kappa shape index (κ1) is 11.4. The first-order valence-corrected chi connectivity index (χ1v) is 4.57. The van der Waals surface area contributed by atoms with E-state index in [-0.39, 0.29) is 24.5 Å². The van der Waals surface area contributed by atoms with Gasteiger partial charge < -0.3 is 16.0 Å². The van der Waals surface area contributed by atoms with Gasteiger partial charge in [0.2, 0.25) is 5.89 Å². The summed E-state index contributed by atoms with van der Waals surface area (Å²) < 4.78 is 4.93. The predicted octanol–water partition coefficient (Wildman–Crippen LogP) is 0.678. The molecule has 0 aliphatic heterocycles. The maximum atomic E-state index is 6.12. The molecule has 1 aromatic rings. The van der Waals surface area contributed by atoms with Crippen LogP contribution in [0.5, 0.6) is 0 Å². The summed E-state index contributed by atoms with van der Waals surface area (Å²) in [5.74, 6) is 1.08. The Balaban J connectivity index is 0.000000980. The third-order valence-corrected chi connectivity index (χ3v) is 2.58. The maximum absolute atomic E-state index is 6.12. The molecule has 0 radical (unpaired) electrons. The van der Waals surface area contributed by atoms with Gasteiger partial charge in [0.1, 0.15) is 0 Å². The van der Waals surface area contributed by atoms with Crippen LogP contribution < -0.4 is 11.5 Å². The van der Waals surface area contributed by atoms with Crippen molar-refractivity contribution in [1.82, 2.24) is 10.1 Å². The Labute approximate surface area is 88.6 Å². The first-order valence-electron chi connectivity index (χ1n) is 4.57. The van der Waals surface area contributed by atoms with E-state index in [2.05, 4.69) is 10.1 Å². The number of nitrogens with zero attached hydrogens (tertiary/aromatic N) is 2. The molecule has 14 heavy (non-hydrogen) atoms. The molecule has 4 N–H and O–H groups in total. The van der Waals surface area contributed by atoms with E-state index in [0.29, 0.717) is 11.7 Å². The van der Waals surface area contributed by atoms with E-state index in [0.717, 1.165) is 25.7 Å². The van der Waals surface area contributed by atoms with Crippen LogP contribution in [0.4, 0.5) is 0 Å². The van der Waals surface area contributed by atoms with Crippen molar-refractivity contribution in [3.8, 4) is 0 Å². The molecule has 0 aromatic carbocycles. The quantitative estimate of drug-likeness (QED) is 0.762. The van der Waals surface area contributed by atoms with Crippen molar-refractivity contribution in [3.05, 3.63) is 11.7 Å². The molecule has 6 heteroatoms. The lowest BCUT2D eigenvalue weighted by Gasteiger charge is -2.17. The molecule has 5 nitrogen and oxygen atoms in total. The van der Waals surface area contributed by atoms with Crippen LogP contribution in [0.1, 0.15) is 37.4 Å². The van der Waals surface area contributed by atoms with Crippen LogP contribution in [-0.4, -0.2) is 10.1 Å². The van der Waals surface area contributed by atoms with Gasteiger partial charge in [-0.25, -0.2) is 0 Å². The van der Waals surface area contributed by atoms with Gasteiger partial charge in [0.25, 0.3) is 0 Å². The molecule has 0 amide bonds. The fourth-order valence-corrected chi connectivity index (χ4v) is 1.77. The standard InChI is InChI=1S/C8H14N4O.ClH/c9-5-6-11-7(12-13-6)8(10)3-1-2-4-8;/h1-5,9-10H2;1H. The lowest BCUT2D eigenvalue weighted by molar-refractivity contribution is 0.349. The molecule has 1 saturated carbocycles. The maximum Gasteiger partial charge on any atom is 0.240 e. The number of halogens is 1. The Bertz CT molecular complexity index is 295. The van der Waals surface area contributed by atoms with E-state index in [4.69, 9.17) is 16.0 Å². The highest BCUT2D eigenvalue weighted by molar-refractivity contribution is 5.85. The third kappa shape index (κ3) is 1.89. The zero-order valence-electron chi connectivity index (χ0n) is 7.90. The predicted molar refractivity (Wildman–Crippen MR) is 53.8 cm³/mol. The number of nitrogens with two attached hydrogens (primary N) is 2. The Morgan fingerprint density at radius 1 is 1.36 bits per heavy atom. The van der Waals surface area contributed by atoms with E-state index in [1.54, 1.807) is 0 Å². The highest BCUT2D eigenvalue weighted by atomic mass is 35.5. The van der Waals surface area contributed by atoms with E-state index in [1.807, 2.05) is 0 Å². The fourth-order valence-electron chi connectivity index (χ4n) is 1.77. The summed E-state index contributed by atoms with van der Waals surface area (Å²) in [5.41, 5.74) is 11.1. The molecule has 0 saturated heterocycles. The van der Waals surface area contributed by atoms with Gasteiger partial charge in [-0.2, -0.15) is 4.98 Å². The van der Waals surface area contributed by atoms with Gasteiger partial charge in [0, 0.05) is 0 Å². The molecular weight excluding hydrogens is 204 g/mol. The van der Waals surface area contributed by atoms with Crippen LogP contribution in [0.25, 0.3) is 0 Å². The Morgan fingerprint density at radius 2 is 2.00 bits per heavy atom. The van der Waals surface area contributed by atoms with Gasteiger partial charge in [0.15, 0.2) is 5.82 Å². The van der Waals surface area contributed by atoms with Gasteiger partial charge in [-0.05, 0) is 12.8 Å². The molecule has 1 aliphatic rings. The van der Waals surface area contributed by atoms with Gasteiger partial charge >= 0.3 is 0 Å². The topological polar surface area (TPSA) is 91.0 Å². The third-order valence-electron chi connectivity index (χ3n) is 2.58. The number of rotatable bonds is 2. The molecule has 0 bridgehead atoms. The van der Waals surface area contributed by atoms with Crippen LogP contribution in [0.15, 0.2) is 4.52 Å². The smallest absolute Gasteiger partial charge is 0.240 e. The highest BCUT2D eigenvalue weighted by Gasteiger charge is 2.35. The monoisotopic (exact) mass is 218 g/mol. The SMILES string of the molecule is Cl.NCc1nc(C2(N)CCCC2)no1. The van der Waals surface area contributed by atoms with Crippen molar-refractivity contribution >= 4 is 12.4 Å². The van der Waals surface area contributed by atoms with E-state index < -0.39 is 0 Å². The normalized spacial score (nSPS) is 19.3. The molecule has 1 heterocycles. The van der Waals surface area contributed by atoms with Gasteiger partial charge in [-0.1, -0.05) is 18.0 Å². The molecule has 1 fully saturated rings. The molecule has 2 rings (SSSR count). The average Bonchev–Trinajstić information content (AvgIpc) is 2.72. The Morgan fingerprint density at radius 3 is 2.50 bits per heavy atom. The largest absolute Gasteiger partial charge is 0.338 e. The van der Waals surface area contributed by atoms with Crippen molar-refractivity contribution in [3.63, 3.8) is 0 Å². The molecule has 80 valence electrons. The lowest BCUT2D eigenvalue weighted by atomic mass is 9.99. The zero-order valence-corrected chi connectivity index (χ0v) is 8.72. The number of aromatic nitrogens is 2. The minimum Gasteiger partial charge on any atom is -0.338 e. The Kier molecular flexibility index (Phi) is 3.47. The summed E-state index contributed by atoms with van der Waals surface area (Å²) in [7, 11) is 0. The second-order valence-corrected chi connectivity index (χ2v) is 3.58. The van der Waals surface area contributed by atoms with Crippen LogP contribution in [0.2, 0.25) is 0 Å². The summed E-state index contributed by atoms with van der Waals surface area (Å²) in [4.78, 5) is 4.15. The minimum absolute atomic E-state index is 0. The van der Waals surface area contributed by atoms with Gasteiger partial charge in [-0.3, -0.25) is 0 Å². The van der Waals surface area contributed by atoms with Gasteiger partial charge in [-0.15, -0.1) is 12.4 Å². The summed E-state index contributed by atoms with van der Waals surface area (Å²) >= 11 is 0. The fraction of sp³-hybridized carbons (Fsp3) is 0.750. The molecule has 0 atom stereocenters. The van der Waals surface area contributed by atoms with Crippen molar-refractivity contribution in [1.29, 1.82) is 0 Å². The Hall–Kier alpha value is -0.650. The molecule has 0 unspecified atom stereocenters. The summed E-state index contributed by atoms with van der Waals surface area (Å²) in [6, 6.07) is 0. The van der Waals surface area contributed by atoms with E-state index in [1.165, 1.54) is 0 Å². The van der Waals surface area contributed by atoms with Crippen molar-refractivity contribution in [2.75, 3.05) is 0 Å². The van der Waals surface area contributed by atoms with Crippen LogP contribution in [0, 0.1) is 0 Å². The van der Waals surface area contributed by atoms with Crippen molar-refractivity contribution in [2.24, 2.45) is 11.5 Å².